The lowest BCUT2D eigenvalue weighted by molar-refractivity contribution is -0.116. The van der Waals surface area contributed by atoms with Crippen molar-refractivity contribution in [2.24, 2.45) is 0 Å². The predicted octanol–water partition coefficient (Wildman–Crippen LogP) is 4.27. The second-order valence-electron chi connectivity index (χ2n) is 5.79. The van der Waals surface area contributed by atoms with Gasteiger partial charge in [0.15, 0.2) is 0 Å². The second kappa shape index (κ2) is 9.83. The van der Waals surface area contributed by atoms with Gasteiger partial charge in [-0.1, -0.05) is 23.7 Å². The van der Waals surface area contributed by atoms with E-state index < -0.39 is 5.97 Å². The molecule has 144 valence electrons. The Kier molecular flexibility index (Phi) is 7.49. The van der Waals surface area contributed by atoms with Crippen molar-refractivity contribution in [3.63, 3.8) is 0 Å². The minimum atomic E-state index is -0.397. The van der Waals surface area contributed by atoms with Crippen molar-refractivity contribution in [1.82, 2.24) is 0 Å². The smallest absolute Gasteiger partial charge is 0.340 e. The molecule has 6 nitrogen and oxygen atoms in total. The van der Waals surface area contributed by atoms with Gasteiger partial charge in [-0.25, -0.2) is 4.79 Å². The van der Waals surface area contributed by atoms with Gasteiger partial charge in [-0.2, -0.15) is 0 Å². The summed E-state index contributed by atoms with van der Waals surface area (Å²) >= 11 is 6.07. The molecule has 2 rings (SSSR count). The van der Waals surface area contributed by atoms with E-state index in [0.29, 0.717) is 40.9 Å². The van der Waals surface area contributed by atoms with Gasteiger partial charge < -0.3 is 20.1 Å². The van der Waals surface area contributed by atoms with Crippen LogP contribution in [0.4, 0.5) is 11.4 Å². The van der Waals surface area contributed by atoms with E-state index in [4.69, 9.17) is 21.1 Å². The Morgan fingerprint density at radius 2 is 1.89 bits per heavy atom. The summed E-state index contributed by atoms with van der Waals surface area (Å²) in [5.74, 6) is -0.0814. The Labute approximate surface area is 163 Å². The Hall–Kier alpha value is -2.73. The lowest BCUT2D eigenvalue weighted by Gasteiger charge is -2.13. The molecule has 0 saturated carbocycles. The summed E-state index contributed by atoms with van der Waals surface area (Å²) in [6.07, 6.45) is 0.210. The van der Waals surface area contributed by atoms with Crippen molar-refractivity contribution >= 4 is 34.9 Å². The third-order valence-electron chi connectivity index (χ3n) is 3.84. The first kappa shape index (κ1) is 20.6. The number of hydrogen-bond acceptors (Lipinski definition) is 5. The Morgan fingerprint density at radius 3 is 2.59 bits per heavy atom. The molecule has 0 aromatic heterocycles. The zero-order valence-electron chi connectivity index (χ0n) is 15.6. The fraction of sp³-hybridized carbons (Fsp3) is 0.300. The Morgan fingerprint density at radius 1 is 1.15 bits per heavy atom. The van der Waals surface area contributed by atoms with Crippen LogP contribution in [0, 0.1) is 6.92 Å². The molecule has 0 aliphatic heterocycles. The van der Waals surface area contributed by atoms with Gasteiger partial charge in [0, 0.05) is 29.7 Å². The first-order valence-corrected chi connectivity index (χ1v) is 8.98. The summed E-state index contributed by atoms with van der Waals surface area (Å²) in [6, 6.07) is 10.5. The van der Waals surface area contributed by atoms with E-state index in [9.17, 15) is 9.59 Å². The number of aryl methyl sites for hydroxylation is 1. The van der Waals surface area contributed by atoms with Crippen molar-refractivity contribution in [2.75, 3.05) is 30.9 Å². The van der Waals surface area contributed by atoms with Crippen LogP contribution in [-0.2, 0) is 9.53 Å². The van der Waals surface area contributed by atoms with Gasteiger partial charge >= 0.3 is 5.97 Å². The lowest BCUT2D eigenvalue weighted by Crippen LogP contribution is -2.18. The molecule has 0 bridgehead atoms. The highest BCUT2D eigenvalue weighted by atomic mass is 35.5. The Balaban J connectivity index is 1.96. The van der Waals surface area contributed by atoms with E-state index in [1.807, 2.05) is 13.0 Å². The van der Waals surface area contributed by atoms with Crippen LogP contribution in [0.5, 0.6) is 5.75 Å². The number of methoxy groups -OCH3 is 1. The minimum Gasteiger partial charge on any atom is -0.495 e. The van der Waals surface area contributed by atoms with Crippen molar-refractivity contribution in [3.05, 3.63) is 52.5 Å². The molecule has 0 atom stereocenters. The van der Waals surface area contributed by atoms with Gasteiger partial charge in [0.2, 0.25) is 5.91 Å². The maximum atomic E-state index is 12.3. The number of nitrogens with one attached hydrogen (secondary N) is 2. The van der Waals surface area contributed by atoms with E-state index in [1.165, 1.54) is 7.11 Å². The van der Waals surface area contributed by atoms with Crippen LogP contribution in [0.15, 0.2) is 36.4 Å². The largest absolute Gasteiger partial charge is 0.495 e. The van der Waals surface area contributed by atoms with Crippen LogP contribution >= 0.6 is 11.6 Å². The normalized spacial score (nSPS) is 10.2. The number of anilines is 2. The van der Waals surface area contributed by atoms with Crippen LogP contribution in [-0.4, -0.2) is 32.1 Å². The number of carbonyl (C=O) groups is 2. The molecule has 0 heterocycles. The van der Waals surface area contributed by atoms with E-state index in [-0.39, 0.29) is 12.3 Å². The van der Waals surface area contributed by atoms with E-state index >= 15 is 0 Å². The molecule has 0 spiro atoms. The molecule has 0 fully saturated rings. The van der Waals surface area contributed by atoms with Crippen molar-refractivity contribution < 1.29 is 19.1 Å². The number of ether oxygens (including phenoxy) is 2. The number of para-hydroxylation sites is 1. The number of halogens is 1. The highest BCUT2D eigenvalue weighted by Crippen LogP contribution is 2.31. The van der Waals surface area contributed by atoms with E-state index in [2.05, 4.69) is 10.6 Å². The van der Waals surface area contributed by atoms with Gasteiger partial charge in [0.1, 0.15) is 5.75 Å². The summed E-state index contributed by atoms with van der Waals surface area (Å²) in [7, 11) is 1.52. The summed E-state index contributed by atoms with van der Waals surface area (Å²) in [5.41, 5.74) is 2.48. The van der Waals surface area contributed by atoms with Gasteiger partial charge in [-0.15, -0.1) is 0 Å². The van der Waals surface area contributed by atoms with Crippen molar-refractivity contribution in [2.45, 2.75) is 20.3 Å². The molecule has 0 radical (unpaired) electrons. The quantitative estimate of drug-likeness (QED) is 0.658. The molecule has 2 aromatic rings. The fourth-order valence-electron chi connectivity index (χ4n) is 2.48. The van der Waals surface area contributed by atoms with Crippen LogP contribution in [0.3, 0.4) is 0 Å². The first-order chi connectivity index (χ1) is 13.0. The average molecular weight is 391 g/mol. The molecule has 7 heteroatoms. The number of esters is 1. The molecule has 27 heavy (non-hydrogen) atoms. The zero-order chi connectivity index (χ0) is 19.8. The molecule has 0 saturated heterocycles. The summed E-state index contributed by atoms with van der Waals surface area (Å²) < 4.78 is 10.3. The molecular weight excluding hydrogens is 368 g/mol. The standard InChI is InChI=1S/C20H23ClN2O4/c1-4-27-20(25)14-7-5-6-8-16(14)22-10-9-19(24)23-17-11-13(2)15(21)12-18(17)26-3/h5-8,11-12,22H,4,9-10H2,1-3H3,(H,23,24). The lowest BCUT2D eigenvalue weighted by atomic mass is 10.1. The number of carbonyl (C=O) groups excluding carboxylic acids is 2. The molecule has 0 aliphatic rings. The van der Waals surface area contributed by atoms with Gasteiger partial charge in [-0.05, 0) is 37.6 Å². The predicted molar refractivity (Wildman–Crippen MR) is 107 cm³/mol. The SMILES string of the molecule is CCOC(=O)c1ccccc1NCCC(=O)Nc1cc(C)c(Cl)cc1OC. The maximum Gasteiger partial charge on any atom is 0.340 e. The summed E-state index contributed by atoms with van der Waals surface area (Å²) in [6.45, 7) is 4.27. The number of benzene rings is 2. The number of hydrogen-bond donors (Lipinski definition) is 2. The highest BCUT2D eigenvalue weighted by Gasteiger charge is 2.13. The third-order valence-corrected chi connectivity index (χ3v) is 4.25. The fourth-order valence-corrected chi connectivity index (χ4v) is 2.63. The molecule has 2 aromatic carbocycles. The van der Waals surface area contributed by atoms with Crippen molar-refractivity contribution in [1.29, 1.82) is 0 Å². The van der Waals surface area contributed by atoms with Gasteiger partial charge in [0.05, 0.1) is 25.0 Å². The molecule has 1 amide bonds. The highest BCUT2D eigenvalue weighted by molar-refractivity contribution is 6.31. The monoisotopic (exact) mass is 390 g/mol. The average Bonchev–Trinajstić information content (AvgIpc) is 2.65. The summed E-state index contributed by atoms with van der Waals surface area (Å²) in [4.78, 5) is 24.2. The van der Waals surface area contributed by atoms with Crippen LogP contribution < -0.4 is 15.4 Å². The molecular formula is C20H23ClN2O4. The van der Waals surface area contributed by atoms with Crippen LogP contribution in [0.1, 0.15) is 29.3 Å². The van der Waals surface area contributed by atoms with Gasteiger partial charge in [-0.3, -0.25) is 4.79 Å². The van der Waals surface area contributed by atoms with Crippen LogP contribution in [0.2, 0.25) is 5.02 Å². The first-order valence-electron chi connectivity index (χ1n) is 8.60. The maximum absolute atomic E-state index is 12.3. The van der Waals surface area contributed by atoms with Crippen molar-refractivity contribution in [3.8, 4) is 5.75 Å². The third kappa shape index (κ3) is 5.62. The molecule has 0 unspecified atom stereocenters. The van der Waals surface area contributed by atoms with Gasteiger partial charge in [0.25, 0.3) is 0 Å². The minimum absolute atomic E-state index is 0.184. The molecule has 0 aliphatic carbocycles. The zero-order valence-corrected chi connectivity index (χ0v) is 16.4. The number of amides is 1. The summed E-state index contributed by atoms with van der Waals surface area (Å²) in [5, 5.41) is 6.49. The van der Waals surface area contributed by atoms with Crippen LogP contribution in [0.25, 0.3) is 0 Å². The topological polar surface area (TPSA) is 76.7 Å². The second-order valence-corrected chi connectivity index (χ2v) is 6.20. The van der Waals surface area contributed by atoms with E-state index in [0.717, 1.165) is 5.56 Å². The number of rotatable bonds is 8. The van der Waals surface area contributed by atoms with E-state index in [1.54, 1.807) is 37.3 Å². The molecule has 2 N–H and O–H groups in total. The Bertz CT molecular complexity index is 824.